The molecule has 0 aromatic rings. The van der Waals surface area contributed by atoms with Crippen LogP contribution in [0.3, 0.4) is 0 Å². The lowest BCUT2D eigenvalue weighted by atomic mass is 10.1. The molecule has 1 aliphatic heterocycles. The lowest BCUT2D eigenvalue weighted by Gasteiger charge is -2.21. The number of ether oxygens (including phenoxy) is 1. The number of sulfone groups is 1. The average Bonchev–Trinajstić information content (AvgIpc) is 2.28. The topological polar surface area (TPSA) is 43.4 Å². The first-order valence-corrected chi connectivity index (χ1v) is 6.12. The van der Waals surface area contributed by atoms with Gasteiger partial charge >= 0.3 is 0 Å². The molecule has 0 amide bonds. The lowest BCUT2D eigenvalue weighted by Crippen LogP contribution is -2.35. The highest BCUT2D eigenvalue weighted by Crippen LogP contribution is 2.32. The molecule has 0 spiro atoms. The van der Waals surface area contributed by atoms with Crippen molar-refractivity contribution in [1.82, 2.24) is 0 Å². The maximum Gasteiger partial charge on any atom is 0.159 e. The summed E-state index contributed by atoms with van der Waals surface area (Å²) >= 11 is 0. The van der Waals surface area contributed by atoms with Gasteiger partial charge in [-0.05, 0) is 26.7 Å². The van der Waals surface area contributed by atoms with Crippen LogP contribution in [0.5, 0.6) is 0 Å². The molecule has 1 rings (SSSR count). The van der Waals surface area contributed by atoms with Crippen molar-refractivity contribution in [2.24, 2.45) is 0 Å². The smallest absolute Gasteiger partial charge is 0.159 e. The van der Waals surface area contributed by atoms with Crippen LogP contribution in [0.25, 0.3) is 0 Å². The Kier molecular flexibility index (Phi) is 3.01. The lowest BCUT2D eigenvalue weighted by molar-refractivity contribution is 0.212. The van der Waals surface area contributed by atoms with E-state index in [2.05, 4.69) is 0 Å². The Balaban J connectivity index is 2.65. The van der Waals surface area contributed by atoms with E-state index < -0.39 is 14.6 Å². The van der Waals surface area contributed by atoms with Crippen molar-refractivity contribution in [3.8, 4) is 0 Å². The van der Waals surface area contributed by atoms with Gasteiger partial charge < -0.3 is 4.74 Å². The molecule has 0 radical (unpaired) electrons. The van der Waals surface area contributed by atoms with Gasteiger partial charge in [0.2, 0.25) is 0 Å². The Hall–Kier alpha value is -0.510. The zero-order chi connectivity index (χ0) is 9.95. The van der Waals surface area contributed by atoms with E-state index in [1.54, 1.807) is 19.3 Å². The molecule has 4 heteroatoms. The van der Waals surface area contributed by atoms with Gasteiger partial charge in [-0.25, -0.2) is 8.42 Å². The number of rotatable bonds is 3. The molecule has 0 aliphatic carbocycles. The average molecular weight is 204 g/mol. The Morgan fingerprint density at radius 2 is 2.23 bits per heavy atom. The standard InChI is InChI=1S/C9H16O3S/c1-3-6-12-8-9(2)5-4-7-13(9,10)11/h3,6H,4-5,7-8H2,1-2H3/b6-3+. The summed E-state index contributed by atoms with van der Waals surface area (Å²) < 4.78 is 27.6. The molecule has 0 bridgehead atoms. The Morgan fingerprint density at radius 3 is 2.69 bits per heavy atom. The second-order valence-electron chi connectivity index (χ2n) is 3.65. The van der Waals surface area contributed by atoms with Crippen LogP contribution < -0.4 is 0 Å². The Labute approximate surface area is 79.7 Å². The molecule has 3 nitrogen and oxygen atoms in total. The largest absolute Gasteiger partial charge is 0.500 e. The van der Waals surface area contributed by atoms with E-state index in [0.717, 1.165) is 6.42 Å². The molecule has 1 fully saturated rings. The predicted octanol–water partition coefficient (Wildman–Crippen LogP) is 1.50. The molecule has 0 aromatic carbocycles. The highest BCUT2D eigenvalue weighted by Gasteiger charge is 2.43. The summed E-state index contributed by atoms with van der Waals surface area (Å²) in [6.45, 7) is 3.88. The Morgan fingerprint density at radius 1 is 1.54 bits per heavy atom. The van der Waals surface area contributed by atoms with E-state index in [1.165, 1.54) is 0 Å². The fourth-order valence-corrected chi connectivity index (χ4v) is 3.24. The third-order valence-electron chi connectivity index (χ3n) is 2.49. The molecule has 13 heavy (non-hydrogen) atoms. The minimum atomic E-state index is -2.93. The normalized spacial score (nSPS) is 32.5. The summed E-state index contributed by atoms with van der Waals surface area (Å²) in [5, 5.41) is 0. The Bertz CT molecular complexity index is 292. The molecule has 1 atom stereocenters. The van der Waals surface area contributed by atoms with Crippen molar-refractivity contribution >= 4 is 9.84 Å². The number of allylic oxidation sites excluding steroid dienone is 1. The molecule has 1 saturated heterocycles. The van der Waals surface area contributed by atoms with Crippen LogP contribution in [0.2, 0.25) is 0 Å². The number of hydrogen-bond donors (Lipinski definition) is 0. The molecule has 76 valence electrons. The molecule has 0 N–H and O–H groups in total. The van der Waals surface area contributed by atoms with Crippen molar-refractivity contribution < 1.29 is 13.2 Å². The molecule has 1 unspecified atom stereocenters. The fourth-order valence-electron chi connectivity index (χ4n) is 1.52. The van der Waals surface area contributed by atoms with Crippen LogP contribution >= 0.6 is 0 Å². The van der Waals surface area contributed by atoms with Gasteiger partial charge in [0.05, 0.1) is 12.0 Å². The van der Waals surface area contributed by atoms with Crippen LogP contribution in [0.4, 0.5) is 0 Å². The maximum atomic E-state index is 11.6. The van der Waals surface area contributed by atoms with Gasteiger partial charge in [-0.1, -0.05) is 6.08 Å². The minimum absolute atomic E-state index is 0.277. The summed E-state index contributed by atoms with van der Waals surface area (Å²) in [5.41, 5.74) is 0. The van der Waals surface area contributed by atoms with Gasteiger partial charge in [-0.2, -0.15) is 0 Å². The fraction of sp³-hybridized carbons (Fsp3) is 0.778. The third kappa shape index (κ3) is 2.05. The van der Waals surface area contributed by atoms with E-state index in [0.29, 0.717) is 12.2 Å². The van der Waals surface area contributed by atoms with E-state index in [1.807, 2.05) is 6.92 Å². The van der Waals surface area contributed by atoms with Crippen molar-refractivity contribution in [1.29, 1.82) is 0 Å². The molecule has 1 heterocycles. The van der Waals surface area contributed by atoms with Crippen molar-refractivity contribution in [2.45, 2.75) is 31.4 Å². The van der Waals surface area contributed by atoms with Gasteiger partial charge in [0.25, 0.3) is 0 Å². The molecule has 0 saturated carbocycles. The summed E-state index contributed by atoms with van der Waals surface area (Å²) in [6, 6.07) is 0. The SMILES string of the molecule is C/C=C/OCC1(C)CCCS1(=O)=O. The summed E-state index contributed by atoms with van der Waals surface area (Å²) in [7, 11) is -2.93. The molecular weight excluding hydrogens is 188 g/mol. The van der Waals surface area contributed by atoms with Gasteiger partial charge in [-0.3, -0.25) is 0 Å². The van der Waals surface area contributed by atoms with E-state index in [-0.39, 0.29) is 6.61 Å². The first-order valence-electron chi connectivity index (χ1n) is 4.47. The van der Waals surface area contributed by atoms with Gasteiger partial charge in [0.15, 0.2) is 9.84 Å². The highest BCUT2D eigenvalue weighted by molar-refractivity contribution is 7.93. The van der Waals surface area contributed by atoms with Crippen LogP contribution in [-0.4, -0.2) is 25.5 Å². The maximum absolute atomic E-state index is 11.6. The zero-order valence-electron chi connectivity index (χ0n) is 8.12. The molecular formula is C9H16O3S. The summed E-state index contributed by atoms with van der Waals surface area (Å²) in [6.07, 6.45) is 4.77. The van der Waals surface area contributed by atoms with Crippen LogP contribution in [0.15, 0.2) is 12.3 Å². The summed E-state index contributed by atoms with van der Waals surface area (Å²) in [5.74, 6) is 0.308. The minimum Gasteiger partial charge on any atom is -0.500 e. The molecule has 1 aliphatic rings. The second kappa shape index (κ2) is 3.70. The molecule has 0 aromatic heterocycles. The van der Waals surface area contributed by atoms with E-state index in [9.17, 15) is 8.42 Å². The zero-order valence-corrected chi connectivity index (χ0v) is 8.93. The van der Waals surface area contributed by atoms with Gasteiger partial charge in [-0.15, -0.1) is 0 Å². The predicted molar refractivity (Wildman–Crippen MR) is 52.2 cm³/mol. The van der Waals surface area contributed by atoms with E-state index >= 15 is 0 Å². The van der Waals surface area contributed by atoms with Crippen LogP contribution in [0, 0.1) is 0 Å². The van der Waals surface area contributed by atoms with Crippen LogP contribution in [0.1, 0.15) is 26.7 Å². The highest BCUT2D eigenvalue weighted by atomic mass is 32.2. The monoisotopic (exact) mass is 204 g/mol. The van der Waals surface area contributed by atoms with Crippen molar-refractivity contribution in [3.63, 3.8) is 0 Å². The van der Waals surface area contributed by atoms with Crippen LogP contribution in [-0.2, 0) is 14.6 Å². The van der Waals surface area contributed by atoms with E-state index in [4.69, 9.17) is 4.74 Å². The number of hydrogen-bond acceptors (Lipinski definition) is 3. The first-order chi connectivity index (χ1) is 6.02. The third-order valence-corrected chi connectivity index (χ3v) is 5.14. The van der Waals surface area contributed by atoms with Gasteiger partial charge in [0.1, 0.15) is 11.4 Å². The van der Waals surface area contributed by atoms with Crippen molar-refractivity contribution in [2.75, 3.05) is 12.4 Å². The van der Waals surface area contributed by atoms with Gasteiger partial charge in [0, 0.05) is 0 Å². The van der Waals surface area contributed by atoms with Crippen molar-refractivity contribution in [3.05, 3.63) is 12.3 Å². The quantitative estimate of drug-likeness (QED) is 0.654. The first kappa shape index (κ1) is 10.6. The second-order valence-corrected chi connectivity index (χ2v) is 6.28. The summed E-state index contributed by atoms with van der Waals surface area (Å²) in [4.78, 5) is 0.